The van der Waals surface area contributed by atoms with Crippen LogP contribution < -0.4 is 0 Å². The molecular weight excluding hydrogens is 615 g/mol. The van der Waals surface area contributed by atoms with Gasteiger partial charge in [-0.3, -0.25) is 0 Å². The maximum atomic E-state index is 4.58. The van der Waals surface area contributed by atoms with Crippen LogP contribution >= 0.6 is 0 Å². The van der Waals surface area contributed by atoms with Gasteiger partial charge in [-0.25, -0.2) is 0 Å². The molecule has 0 aliphatic rings. The number of unbranched alkanes of at least 4 members (excludes halogenated alkanes) is 21. The van der Waals surface area contributed by atoms with Crippen molar-refractivity contribution in [3.05, 3.63) is 24.3 Å². The lowest BCUT2D eigenvalue weighted by Gasteiger charge is -2.28. The third-order valence-electron chi connectivity index (χ3n) is 12.3. The smallest absolute Gasteiger partial charge is 0.00218 e. The van der Waals surface area contributed by atoms with Crippen molar-refractivity contribution in [1.29, 1.82) is 0 Å². The molecule has 0 heterocycles. The predicted octanol–water partition coefficient (Wildman–Crippen LogP) is 17.6. The highest BCUT2D eigenvalue weighted by molar-refractivity contribution is 5.06. The first kappa shape index (κ1) is 50.4. The summed E-state index contributed by atoms with van der Waals surface area (Å²) in [5, 5.41) is 0. The van der Waals surface area contributed by atoms with E-state index in [9.17, 15) is 0 Å². The Bertz CT molecular complexity index is 772. The van der Waals surface area contributed by atoms with E-state index >= 15 is 0 Å². The van der Waals surface area contributed by atoms with Crippen LogP contribution in [-0.2, 0) is 0 Å². The lowest BCUT2D eigenvalue weighted by molar-refractivity contribution is 0.279. The normalized spacial score (nSPS) is 13.0. The van der Waals surface area contributed by atoms with Crippen molar-refractivity contribution in [2.24, 2.45) is 16.7 Å². The van der Waals surface area contributed by atoms with Gasteiger partial charge in [0.1, 0.15) is 0 Å². The van der Waals surface area contributed by atoms with Crippen LogP contribution in [0.15, 0.2) is 24.3 Å². The predicted molar refractivity (Wildman–Crippen MR) is 236 cm³/mol. The SMILES string of the molecule is C=C(CCCN(C)C)CC(CCCCCC(C)(C)CCCCCCCCCCC)CCCCCC(C)(C)C(=C)CCCCCCCCCCCC. The Labute approximate surface area is 325 Å². The number of hydrogen-bond donors (Lipinski definition) is 0. The van der Waals surface area contributed by atoms with E-state index in [4.69, 9.17) is 0 Å². The topological polar surface area (TPSA) is 3.24 Å². The standard InChI is InChI=1S/C50H99N/c1-11-13-15-17-19-21-22-24-26-30-38-47(4)50(7,8)43-35-29-32-40-48(45-46(3)37-36-44-51(9)10)39-31-28-34-42-49(5,6)41-33-27-25-23-20-18-16-14-12-2/h48H,3-4,11-45H2,1-2,5-10H3. The molecule has 1 unspecified atom stereocenters. The number of rotatable bonds is 40. The summed E-state index contributed by atoms with van der Waals surface area (Å²) in [6.07, 6.45) is 47.4. The molecular formula is C50H99N. The molecule has 0 N–H and O–H groups in total. The molecule has 0 aromatic carbocycles. The zero-order valence-corrected chi connectivity index (χ0v) is 37.2. The highest BCUT2D eigenvalue weighted by atomic mass is 15.0. The van der Waals surface area contributed by atoms with E-state index in [1.165, 1.54) is 236 Å². The van der Waals surface area contributed by atoms with Crippen LogP contribution in [0.2, 0.25) is 0 Å². The van der Waals surface area contributed by atoms with Gasteiger partial charge < -0.3 is 4.90 Å². The molecule has 0 fully saturated rings. The molecule has 0 amide bonds. The van der Waals surface area contributed by atoms with Gasteiger partial charge in [0, 0.05) is 0 Å². The van der Waals surface area contributed by atoms with Crippen LogP contribution in [0.1, 0.15) is 260 Å². The maximum absolute atomic E-state index is 4.58. The van der Waals surface area contributed by atoms with Gasteiger partial charge in [0.05, 0.1) is 0 Å². The van der Waals surface area contributed by atoms with E-state index in [1.54, 1.807) is 0 Å². The molecule has 0 saturated heterocycles. The van der Waals surface area contributed by atoms with Gasteiger partial charge in [0.15, 0.2) is 0 Å². The number of hydrogen-bond acceptors (Lipinski definition) is 1. The molecule has 0 saturated carbocycles. The first-order valence-electron chi connectivity index (χ1n) is 23.4. The molecule has 0 aliphatic heterocycles. The summed E-state index contributed by atoms with van der Waals surface area (Å²) in [6, 6.07) is 0. The summed E-state index contributed by atoms with van der Waals surface area (Å²) in [7, 11) is 4.38. The van der Waals surface area contributed by atoms with Crippen molar-refractivity contribution in [2.45, 2.75) is 260 Å². The fourth-order valence-corrected chi connectivity index (χ4v) is 8.27. The quantitative estimate of drug-likeness (QED) is 0.0451. The van der Waals surface area contributed by atoms with Gasteiger partial charge in [-0.1, -0.05) is 233 Å². The fourth-order valence-electron chi connectivity index (χ4n) is 8.27. The highest BCUT2D eigenvalue weighted by Gasteiger charge is 2.21. The molecule has 1 heteroatoms. The Balaban J connectivity index is 4.38. The minimum Gasteiger partial charge on any atom is -0.309 e. The average molecular weight is 714 g/mol. The number of nitrogens with zero attached hydrogens (tertiary/aromatic N) is 1. The van der Waals surface area contributed by atoms with Crippen LogP contribution in [0.5, 0.6) is 0 Å². The van der Waals surface area contributed by atoms with Gasteiger partial charge in [-0.15, -0.1) is 0 Å². The summed E-state index contributed by atoms with van der Waals surface area (Å²) < 4.78 is 0. The summed E-state index contributed by atoms with van der Waals surface area (Å²) in [5.41, 5.74) is 3.83. The van der Waals surface area contributed by atoms with Crippen LogP contribution in [-0.4, -0.2) is 25.5 Å². The molecule has 0 aromatic rings. The molecule has 0 aliphatic carbocycles. The van der Waals surface area contributed by atoms with Crippen molar-refractivity contribution in [3.63, 3.8) is 0 Å². The fraction of sp³-hybridized carbons (Fsp3) is 0.920. The Kier molecular flexibility index (Phi) is 33.6. The zero-order chi connectivity index (χ0) is 38.1. The minimum atomic E-state index is 0.293. The molecule has 0 spiro atoms. The van der Waals surface area contributed by atoms with E-state index in [0.717, 1.165) is 5.92 Å². The van der Waals surface area contributed by atoms with Gasteiger partial charge in [0.2, 0.25) is 0 Å². The highest BCUT2D eigenvalue weighted by Crippen LogP contribution is 2.36. The average Bonchev–Trinajstić information content (AvgIpc) is 3.07. The van der Waals surface area contributed by atoms with E-state index in [-0.39, 0.29) is 0 Å². The summed E-state index contributed by atoms with van der Waals surface area (Å²) >= 11 is 0. The van der Waals surface area contributed by atoms with E-state index in [0.29, 0.717) is 10.8 Å². The van der Waals surface area contributed by atoms with Crippen molar-refractivity contribution in [2.75, 3.05) is 20.6 Å². The number of allylic oxidation sites excluding steroid dienone is 2. The lowest BCUT2D eigenvalue weighted by atomic mass is 9.78. The minimum absolute atomic E-state index is 0.293. The Morgan fingerprint density at radius 1 is 0.471 bits per heavy atom. The van der Waals surface area contributed by atoms with Gasteiger partial charge in [0.25, 0.3) is 0 Å². The van der Waals surface area contributed by atoms with Gasteiger partial charge in [-0.05, 0) is 88.8 Å². The molecule has 304 valence electrons. The summed E-state index contributed by atoms with van der Waals surface area (Å²) in [5.74, 6) is 0.839. The second-order valence-corrected chi connectivity index (χ2v) is 19.1. The molecule has 0 aromatic heterocycles. The van der Waals surface area contributed by atoms with E-state index in [2.05, 4.69) is 73.7 Å². The largest absolute Gasteiger partial charge is 0.309 e. The maximum Gasteiger partial charge on any atom is -0.00218 e. The molecule has 51 heavy (non-hydrogen) atoms. The van der Waals surface area contributed by atoms with Crippen LogP contribution in [0.3, 0.4) is 0 Å². The lowest BCUT2D eigenvalue weighted by Crippen LogP contribution is -2.14. The Morgan fingerprint density at radius 3 is 1.31 bits per heavy atom. The third kappa shape index (κ3) is 33.7. The first-order chi connectivity index (χ1) is 24.4. The van der Waals surface area contributed by atoms with Crippen molar-refractivity contribution < 1.29 is 0 Å². The Hall–Kier alpha value is -0.560. The van der Waals surface area contributed by atoms with Crippen LogP contribution in [0, 0.1) is 16.7 Å². The summed E-state index contributed by atoms with van der Waals surface area (Å²) in [6.45, 7) is 24.9. The summed E-state index contributed by atoms with van der Waals surface area (Å²) in [4.78, 5) is 2.31. The van der Waals surface area contributed by atoms with Crippen molar-refractivity contribution in [1.82, 2.24) is 4.90 Å². The molecule has 1 atom stereocenters. The Morgan fingerprint density at radius 2 is 0.863 bits per heavy atom. The van der Waals surface area contributed by atoms with Crippen molar-refractivity contribution in [3.8, 4) is 0 Å². The third-order valence-corrected chi connectivity index (χ3v) is 12.3. The van der Waals surface area contributed by atoms with Crippen LogP contribution in [0.4, 0.5) is 0 Å². The molecule has 0 bridgehead atoms. The van der Waals surface area contributed by atoms with E-state index in [1.807, 2.05) is 0 Å². The molecule has 1 nitrogen and oxygen atoms in total. The van der Waals surface area contributed by atoms with Gasteiger partial charge in [-0.2, -0.15) is 0 Å². The second kappa shape index (κ2) is 34.0. The van der Waals surface area contributed by atoms with Gasteiger partial charge >= 0.3 is 0 Å². The van der Waals surface area contributed by atoms with Crippen LogP contribution in [0.25, 0.3) is 0 Å². The first-order valence-corrected chi connectivity index (χ1v) is 23.4. The second-order valence-electron chi connectivity index (χ2n) is 19.1. The van der Waals surface area contributed by atoms with Crippen molar-refractivity contribution >= 4 is 0 Å². The monoisotopic (exact) mass is 714 g/mol. The van der Waals surface area contributed by atoms with E-state index < -0.39 is 0 Å². The molecule has 0 rings (SSSR count). The zero-order valence-electron chi connectivity index (χ0n) is 37.2. The molecule has 0 radical (unpaired) electrons.